The summed E-state index contributed by atoms with van der Waals surface area (Å²) in [5.41, 5.74) is 3.91. The lowest BCUT2D eigenvalue weighted by Gasteiger charge is -2.17. The Labute approximate surface area is 169 Å². The Kier molecular flexibility index (Phi) is 5.31. The van der Waals surface area contributed by atoms with Crippen molar-refractivity contribution >= 4 is 16.8 Å². The summed E-state index contributed by atoms with van der Waals surface area (Å²) in [5, 5.41) is 13.1. The van der Waals surface area contributed by atoms with Gasteiger partial charge in [0.25, 0.3) is 5.91 Å². The SMILES string of the molecule is N#CC[C@H](NC(=O)c1cc(-c2ccccc2)nc2ccccc12)c1ccccc1. The summed E-state index contributed by atoms with van der Waals surface area (Å²) in [6.07, 6.45) is 0.199. The molecule has 0 radical (unpaired) electrons. The van der Waals surface area contributed by atoms with Crippen LogP contribution in [0.5, 0.6) is 0 Å². The first-order valence-corrected chi connectivity index (χ1v) is 9.44. The number of benzene rings is 3. The van der Waals surface area contributed by atoms with Gasteiger partial charge in [0.05, 0.1) is 35.3 Å². The van der Waals surface area contributed by atoms with E-state index in [1.54, 1.807) is 0 Å². The van der Waals surface area contributed by atoms with Crippen LogP contribution in [-0.2, 0) is 0 Å². The molecule has 1 heterocycles. The molecule has 4 nitrogen and oxygen atoms in total. The van der Waals surface area contributed by atoms with Gasteiger partial charge < -0.3 is 5.32 Å². The largest absolute Gasteiger partial charge is 0.344 e. The molecule has 0 saturated carbocycles. The van der Waals surface area contributed by atoms with Crippen molar-refractivity contribution in [2.45, 2.75) is 12.5 Å². The topological polar surface area (TPSA) is 65.8 Å². The van der Waals surface area contributed by atoms with Crippen LogP contribution >= 0.6 is 0 Å². The molecule has 0 saturated heterocycles. The van der Waals surface area contributed by atoms with E-state index in [9.17, 15) is 10.1 Å². The Hall–Kier alpha value is -3.97. The van der Waals surface area contributed by atoms with Crippen molar-refractivity contribution in [3.05, 3.63) is 102 Å². The van der Waals surface area contributed by atoms with Crippen molar-refractivity contribution in [2.24, 2.45) is 0 Å². The summed E-state index contributed by atoms with van der Waals surface area (Å²) < 4.78 is 0. The highest BCUT2D eigenvalue weighted by molar-refractivity contribution is 6.07. The van der Waals surface area contributed by atoms with Gasteiger partial charge in [-0.2, -0.15) is 5.26 Å². The maximum atomic E-state index is 13.3. The molecule has 140 valence electrons. The molecule has 0 aliphatic heterocycles. The fourth-order valence-corrected chi connectivity index (χ4v) is 3.38. The van der Waals surface area contributed by atoms with Crippen LogP contribution in [0, 0.1) is 11.3 Å². The van der Waals surface area contributed by atoms with Crippen molar-refractivity contribution in [3.8, 4) is 17.3 Å². The van der Waals surface area contributed by atoms with Crippen LogP contribution in [0.1, 0.15) is 28.4 Å². The lowest BCUT2D eigenvalue weighted by molar-refractivity contribution is 0.0939. The first kappa shape index (κ1) is 18.4. The number of nitriles is 1. The highest BCUT2D eigenvalue weighted by atomic mass is 16.1. The maximum absolute atomic E-state index is 13.3. The zero-order chi connectivity index (χ0) is 20.1. The number of pyridine rings is 1. The quantitative estimate of drug-likeness (QED) is 0.514. The summed E-state index contributed by atoms with van der Waals surface area (Å²) in [6.45, 7) is 0. The average Bonchev–Trinajstić information content (AvgIpc) is 2.79. The molecule has 1 N–H and O–H groups in total. The number of carbonyl (C=O) groups excluding carboxylic acids is 1. The molecule has 29 heavy (non-hydrogen) atoms. The van der Waals surface area contributed by atoms with Gasteiger partial charge in [-0.15, -0.1) is 0 Å². The van der Waals surface area contributed by atoms with Gasteiger partial charge in [-0.25, -0.2) is 4.98 Å². The average molecular weight is 377 g/mol. The van der Waals surface area contributed by atoms with E-state index in [-0.39, 0.29) is 18.4 Å². The molecule has 1 amide bonds. The lowest BCUT2D eigenvalue weighted by atomic mass is 10.0. The second-order valence-corrected chi connectivity index (χ2v) is 6.74. The van der Waals surface area contributed by atoms with Crippen LogP contribution in [0.2, 0.25) is 0 Å². The van der Waals surface area contributed by atoms with Crippen molar-refractivity contribution in [3.63, 3.8) is 0 Å². The van der Waals surface area contributed by atoms with Gasteiger partial charge in [-0.1, -0.05) is 78.9 Å². The summed E-state index contributed by atoms with van der Waals surface area (Å²) in [5.74, 6) is -0.218. The zero-order valence-corrected chi connectivity index (χ0v) is 15.7. The van der Waals surface area contributed by atoms with E-state index in [0.29, 0.717) is 5.56 Å². The molecule has 0 bridgehead atoms. The summed E-state index contributed by atoms with van der Waals surface area (Å²) in [4.78, 5) is 18.0. The van der Waals surface area contributed by atoms with E-state index in [2.05, 4.69) is 11.4 Å². The van der Waals surface area contributed by atoms with Crippen molar-refractivity contribution in [1.82, 2.24) is 10.3 Å². The lowest BCUT2D eigenvalue weighted by Crippen LogP contribution is -2.28. The second-order valence-electron chi connectivity index (χ2n) is 6.74. The summed E-state index contributed by atoms with van der Waals surface area (Å²) in [7, 11) is 0. The number of hydrogen-bond acceptors (Lipinski definition) is 3. The van der Waals surface area contributed by atoms with Gasteiger partial charge in [0.15, 0.2) is 0 Å². The Balaban J connectivity index is 1.76. The molecule has 4 rings (SSSR count). The van der Waals surface area contributed by atoms with E-state index in [0.717, 1.165) is 27.7 Å². The third kappa shape index (κ3) is 3.99. The normalized spacial score (nSPS) is 11.6. The Morgan fingerprint density at radius 3 is 2.31 bits per heavy atom. The maximum Gasteiger partial charge on any atom is 0.252 e. The fourth-order valence-electron chi connectivity index (χ4n) is 3.38. The van der Waals surface area contributed by atoms with Gasteiger partial charge in [-0.05, 0) is 17.7 Å². The first-order chi connectivity index (χ1) is 14.3. The summed E-state index contributed by atoms with van der Waals surface area (Å²) in [6, 6.07) is 30.6. The number of amides is 1. The number of rotatable bonds is 5. The minimum absolute atomic E-state index is 0.199. The minimum atomic E-state index is -0.374. The van der Waals surface area contributed by atoms with E-state index < -0.39 is 0 Å². The number of hydrogen-bond donors (Lipinski definition) is 1. The molecule has 4 aromatic rings. The number of carbonyl (C=O) groups is 1. The van der Waals surface area contributed by atoms with Gasteiger partial charge in [0, 0.05) is 10.9 Å². The highest BCUT2D eigenvalue weighted by Crippen LogP contribution is 2.26. The number of nitrogens with zero attached hydrogens (tertiary/aromatic N) is 2. The molecule has 0 aliphatic rings. The Bertz CT molecular complexity index is 1180. The van der Waals surface area contributed by atoms with Gasteiger partial charge >= 0.3 is 0 Å². The van der Waals surface area contributed by atoms with Crippen molar-refractivity contribution < 1.29 is 4.79 Å². The third-order valence-corrected chi connectivity index (χ3v) is 4.83. The monoisotopic (exact) mass is 377 g/mol. The van der Waals surface area contributed by atoms with Crippen LogP contribution in [0.4, 0.5) is 0 Å². The van der Waals surface area contributed by atoms with Crippen LogP contribution in [-0.4, -0.2) is 10.9 Å². The number of para-hydroxylation sites is 1. The zero-order valence-electron chi connectivity index (χ0n) is 15.7. The number of fused-ring (bicyclic) bond motifs is 1. The van der Waals surface area contributed by atoms with E-state index in [1.165, 1.54) is 0 Å². The van der Waals surface area contributed by atoms with Crippen molar-refractivity contribution in [2.75, 3.05) is 0 Å². The molecule has 0 fully saturated rings. The minimum Gasteiger partial charge on any atom is -0.344 e. The van der Waals surface area contributed by atoms with Crippen LogP contribution < -0.4 is 5.32 Å². The van der Waals surface area contributed by atoms with Gasteiger partial charge in [-0.3, -0.25) is 4.79 Å². The van der Waals surface area contributed by atoms with E-state index >= 15 is 0 Å². The van der Waals surface area contributed by atoms with E-state index in [1.807, 2.05) is 91.0 Å². The predicted molar refractivity (Wildman–Crippen MR) is 114 cm³/mol. The molecule has 3 aromatic carbocycles. The Morgan fingerprint density at radius 2 is 1.59 bits per heavy atom. The van der Waals surface area contributed by atoms with Gasteiger partial charge in [0.2, 0.25) is 0 Å². The van der Waals surface area contributed by atoms with Crippen LogP contribution in [0.3, 0.4) is 0 Å². The second kappa shape index (κ2) is 8.37. The molecule has 0 spiro atoms. The fraction of sp³-hybridized carbons (Fsp3) is 0.0800. The van der Waals surface area contributed by atoms with Gasteiger partial charge in [0.1, 0.15) is 0 Å². The highest BCUT2D eigenvalue weighted by Gasteiger charge is 2.19. The molecule has 1 atom stereocenters. The van der Waals surface area contributed by atoms with Crippen molar-refractivity contribution in [1.29, 1.82) is 5.26 Å². The number of nitrogens with one attached hydrogen (secondary N) is 1. The molecule has 0 unspecified atom stereocenters. The van der Waals surface area contributed by atoms with Crippen LogP contribution in [0.15, 0.2) is 91.0 Å². The molecule has 1 aromatic heterocycles. The molecular formula is C25H19N3O. The molecular weight excluding hydrogens is 358 g/mol. The Morgan fingerprint density at radius 1 is 0.931 bits per heavy atom. The summed E-state index contributed by atoms with van der Waals surface area (Å²) >= 11 is 0. The smallest absolute Gasteiger partial charge is 0.252 e. The van der Waals surface area contributed by atoms with E-state index in [4.69, 9.17) is 4.98 Å². The molecule has 0 aliphatic carbocycles. The standard InChI is InChI=1S/C25H19N3O/c26-16-15-22(18-9-3-1-4-10-18)28-25(29)21-17-24(19-11-5-2-6-12-19)27-23-14-8-7-13-20(21)23/h1-14,17,22H,15H2,(H,28,29)/t22-/m0/s1. The molecule has 4 heteroatoms. The first-order valence-electron chi connectivity index (χ1n) is 9.44. The van der Waals surface area contributed by atoms with Crippen LogP contribution in [0.25, 0.3) is 22.2 Å². The predicted octanol–water partition coefficient (Wildman–Crippen LogP) is 5.29. The number of aromatic nitrogens is 1. The third-order valence-electron chi connectivity index (χ3n) is 4.83.